The van der Waals surface area contributed by atoms with Crippen molar-refractivity contribution in [2.45, 2.75) is 38.6 Å². The average Bonchev–Trinajstić information content (AvgIpc) is 2.75. The van der Waals surface area contributed by atoms with Crippen molar-refractivity contribution in [3.63, 3.8) is 0 Å². The fourth-order valence-electron chi connectivity index (χ4n) is 2.22. The van der Waals surface area contributed by atoms with Gasteiger partial charge in [-0.25, -0.2) is 21.6 Å². The fourth-order valence-corrected chi connectivity index (χ4v) is 4.01. The first-order valence-corrected chi connectivity index (χ1v) is 9.70. The summed E-state index contributed by atoms with van der Waals surface area (Å²) in [7, 11) is -6.53. The van der Waals surface area contributed by atoms with E-state index in [1.807, 2.05) is 0 Å². The smallest absolute Gasteiger partial charge is 0.211 e. The lowest BCUT2D eigenvalue weighted by atomic mass is 10.2. The molecule has 8 heteroatoms. The summed E-state index contributed by atoms with van der Waals surface area (Å²) < 4.78 is 49.8. The first-order chi connectivity index (χ1) is 8.26. The van der Waals surface area contributed by atoms with Gasteiger partial charge < -0.3 is 0 Å². The number of nitrogens with zero attached hydrogens (tertiary/aromatic N) is 1. The van der Waals surface area contributed by atoms with Gasteiger partial charge in [0, 0.05) is 19.1 Å². The fraction of sp³-hybridized carbons (Fsp3) is 1.00. The van der Waals surface area contributed by atoms with E-state index in [1.165, 1.54) is 10.6 Å². The highest BCUT2D eigenvalue weighted by molar-refractivity contribution is 7.89. The lowest BCUT2D eigenvalue weighted by Crippen LogP contribution is -2.43. The summed E-state index contributed by atoms with van der Waals surface area (Å²) >= 11 is 0. The Labute approximate surface area is 110 Å². The second-order valence-electron chi connectivity index (χ2n) is 4.61. The number of nitrogens with one attached hydrogen (secondary N) is 1. The minimum atomic E-state index is -3.27. The monoisotopic (exact) mass is 298 g/mol. The summed E-state index contributed by atoms with van der Waals surface area (Å²) in [6.45, 7) is 1.90. The molecule has 1 fully saturated rings. The van der Waals surface area contributed by atoms with E-state index in [1.54, 1.807) is 6.92 Å². The van der Waals surface area contributed by atoms with Crippen molar-refractivity contribution in [1.29, 1.82) is 0 Å². The van der Waals surface area contributed by atoms with E-state index in [-0.39, 0.29) is 24.9 Å². The van der Waals surface area contributed by atoms with Crippen LogP contribution in [-0.2, 0) is 20.0 Å². The lowest BCUT2D eigenvalue weighted by Gasteiger charge is -2.26. The van der Waals surface area contributed by atoms with Crippen LogP contribution in [0.1, 0.15) is 32.6 Å². The zero-order chi connectivity index (χ0) is 13.8. The first-order valence-electron chi connectivity index (χ1n) is 6.20. The third-order valence-corrected chi connectivity index (χ3v) is 5.93. The Morgan fingerprint density at radius 1 is 1.17 bits per heavy atom. The summed E-state index contributed by atoms with van der Waals surface area (Å²) in [5.74, 6) is 0.00923. The quantitative estimate of drug-likeness (QED) is 0.724. The van der Waals surface area contributed by atoms with Crippen LogP contribution in [0, 0.1) is 0 Å². The minimum absolute atomic E-state index is 0.00923. The molecule has 0 atom stereocenters. The molecule has 1 aliphatic rings. The van der Waals surface area contributed by atoms with Crippen molar-refractivity contribution in [2.75, 3.05) is 25.1 Å². The van der Waals surface area contributed by atoms with Crippen LogP contribution in [0.3, 0.4) is 0 Å². The standard InChI is InChI=1S/C10H22N2O4S2/c1-3-18(15,16)11-8-9-12(17(2,13)14)10-6-4-5-7-10/h10-11H,3-9H2,1-2H3. The van der Waals surface area contributed by atoms with Gasteiger partial charge in [0.05, 0.1) is 12.0 Å². The average molecular weight is 298 g/mol. The van der Waals surface area contributed by atoms with E-state index in [9.17, 15) is 16.8 Å². The van der Waals surface area contributed by atoms with E-state index in [0.717, 1.165) is 25.7 Å². The summed E-state index contributed by atoms with van der Waals surface area (Å²) in [5, 5.41) is 0. The SMILES string of the molecule is CCS(=O)(=O)NCCN(C1CCCC1)S(C)(=O)=O. The zero-order valence-corrected chi connectivity index (χ0v) is 12.6. The molecule has 0 heterocycles. The van der Waals surface area contributed by atoms with Gasteiger partial charge in [0.2, 0.25) is 20.0 Å². The molecule has 0 aromatic rings. The molecule has 1 saturated carbocycles. The van der Waals surface area contributed by atoms with Gasteiger partial charge in [0.1, 0.15) is 0 Å². The number of sulfonamides is 2. The molecule has 0 saturated heterocycles. The highest BCUT2D eigenvalue weighted by Crippen LogP contribution is 2.24. The Morgan fingerprint density at radius 3 is 2.17 bits per heavy atom. The van der Waals surface area contributed by atoms with E-state index >= 15 is 0 Å². The van der Waals surface area contributed by atoms with Crippen LogP contribution in [0.4, 0.5) is 0 Å². The molecule has 0 aromatic carbocycles. The van der Waals surface area contributed by atoms with E-state index in [4.69, 9.17) is 0 Å². The predicted octanol–water partition coefficient (Wildman–Crippen LogP) is 0.130. The molecule has 0 aliphatic heterocycles. The summed E-state index contributed by atoms with van der Waals surface area (Å²) in [6, 6.07) is 0.0335. The van der Waals surface area contributed by atoms with Gasteiger partial charge in [0.25, 0.3) is 0 Å². The lowest BCUT2D eigenvalue weighted by molar-refractivity contribution is 0.328. The Morgan fingerprint density at radius 2 is 1.72 bits per heavy atom. The third-order valence-electron chi connectivity index (χ3n) is 3.19. The highest BCUT2D eigenvalue weighted by Gasteiger charge is 2.28. The summed E-state index contributed by atoms with van der Waals surface area (Å²) in [4.78, 5) is 0. The molecule has 0 radical (unpaired) electrons. The van der Waals surface area contributed by atoms with E-state index < -0.39 is 20.0 Å². The molecule has 18 heavy (non-hydrogen) atoms. The molecule has 0 bridgehead atoms. The van der Waals surface area contributed by atoms with E-state index in [0.29, 0.717) is 0 Å². The summed E-state index contributed by atoms with van der Waals surface area (Å²) in [6.07, 6.45) is 5.00. The van der Waals surface area contributed by atoms with Crippen LogP contribution in [0.5, 0.6) is 0 Å². The van der Waals surface area contributed by atoms with Gasteiger partial charge in [0.15, 0.2) is 0 Å². The molecular formula is C10H22N2O4S2. The highest BCUT2D eigenvalue weighted by atomic mass is 32.2. The van der Waals surface area contributed by atoms with Crippen LogP contribution in [0.2, 0.25) is 0 Å². The van der Waals surface area contributed by atoms with Gasteiger partial charge in [-0.05, 0) is 19.8 Å². The number of hydrogen-bond donors (Lipinski definition) is 1. The molecule has 108 valence electrons. The Hall–Kier alpha value is -0.180. The van der Waals surface area contributed by atoms with Crippen molar-refractivity contribution in [2.24, 2.45) is 0 Å². The molecule has 1 N–H and O–H groups in total. The van der Waals surface area contributed by atoms with Crippen LogP contribution >= 0.6 is 0 Å². The van der Waals surface area contributed by atoms with Gasteiger partial charge in [-0.1, -0.05) is 12.8 Å². The van der Waals surface area contributed by atoms with Crippen LogP contribution in [0.25, 0.3) is 0 Å². The Kier molecular flexibility index (Phi) is 5.57. The number of rotatable bonds is 7. The maximum atomic E-state index is 11.7. The predicted molar refractivity (Wildman–Crippen MR) is 71.3 cm³/mol. The van der Waals surface area contributed by atoms with Crippen LogP contribution in [0.15, 0.2) is 0 Å². The molecular weight excluding hydrogens is 276 g/mol. The van der Waals surface area contributed by atoms with Crippen LogP contribution in [-0.4, -0.2) is 52.3 Å². The van der Waals surface area contributed by atoms with Crippen molar-refractivity contribution in [3.8, 4) is 0 Å². The minimum Gasteiger partial charge on any atom is -0.214 e. The van der Waals surface area contributed by atoms with Crippen molar-refractivity contribution >= 4 is 20.0 Å². The molecule has 6 nitrogen and oxygen atoms in total. The maximum absolute atomic E-state index is 11.7. The van der Waals surface area contributed by atoms with E-state index in [2.05, 4.69) is 4.72 Å². The second kappa shape index (κ2) is 6.31. The van der Waals surface area contributed by atoms with Crippen molar-refractivity contribution < 1.29 is 16.8 Å². The number of hydrogen-bond acceptors (Lipinski definition) is 4. The van der Waals surface area contributed by atoms with Gasteiger partial charge in [-0.15, -0.1) is 0 Å². The zero-order valence-electron chi connectivity index (χ0n) is 10.9. The molecule has 0 unspecified atom stereocenters. The second-order valence-corrected chi connectivity index (χ2v) is 8.64. The molecule has 0 aromatic heterocycles. The first kappa shape index (κ1) is 15.9. The van der Waals surface area contributed by atoms with Crippen LogP contribution < -0.4 is 4.72 Å². The maximum Gasteiger partial charge on any atom is 0.211 e. The van der Waals surface area contributed by atoms with Gasteiger partial charge in [-0.2, -0.15) is 4.31 Å². The molecule has 0 spiro atoms. The molecule has 1 rings (SSSR count). The van der Waals surface area contributed by atoms with Crippen molar-refractivity contribution in [1.82, 2.24) is 9.03 Å². The normalized spacial score (nSPS) is 18.6. The molecule has 0 amide bonds. The largest absolute Gasteiger partial charge is 0.214 e. The third kappa shape index (κ3) is 4.83. The topological polar surface area (TPSA) is 83.6 Å². The Balaban J connectivity index is 2.58. The molecule has 1 aliphatic carbocycles. The Bertz CT molecular complexity index is 452. The van der Waals surface area contributed by atoms with Crippen molar-refractivity contribution in [3.05, 3.63) is 0 Å². The van der Waals surface area contributed by atoms with Gasteiger partial charge >= 0.3 is 0 Å². The van der Waals surface area contributed by atoms with Gasteiger partial charge in [-0.3, -0.25) is 0 Å². The summed E-state index contributed by atoms with van der Waals surface area (Å²) in [5.41, 5.74) is 0.